The average molecular weight is 503 g/mol. The molecule has 0 atom stereocenters. The minimum absolute atomic E-state index is 0.0282. The summed E-state index contributed by atoms with van der Waals surface area (Å²) in [5.74, 6) is 2.72. The molecule has 6 rings (SSSR count). The van der Waals surface area contributed by atoms with Crippen molar-refractivity contribution in [1.29, 1.82) is 0 Å². The fraction of sp³-hybridized carbons (Fsp3) is 0.577. The molecule has 4 bridgehead atoms. The van der Waals surface area contributed by atoms with Gasteiger partial charge in [0.15, 0.2) is 0 Å². The lowest BCUT2D eigenvalue weighted by Crippen LogP contribution is -2.59. The topological polar surface area (TPSA) is 49.4 Å². The average Bonchev–Trinajstić information content (AvgIpc) is 3.01. The van der Waals surface area contributed by atoms with Crippen LogP contribution in [0.15, 0.2) is 29.2 Å². The molecule has 5 fully saturated rings. The van der Waals surface area contributed by atoms with Crippen molar-refractivity contribution < 1.29 is 9.59 Å². The monoisotopic (exact) mass is 502 g/mol. The van der Waals surface area contributed by atoms with Gasteiger partial charge >= 0.3 is 0 Å². The van der Waals surface area contributed by atoms with Crippen LogP contribution >= 0.6 is 35.6 Å². The van der Waals surface area contributed by atoms with E-state index >= 15 is 0 Å². The first-order chi connectivity index (χ1) is 15.9. The van der Waals surface area contributed by atoms with Crippen molar-refractivity contribution in [2.45, 2.75) is 69.7 Å². The highest BCUT2D eigenvalue weighted by Crippen LogP contribution is 2.55. The molecule has 0 unspecified atom stereocenters. The summed E-state index contributed by atoms with van der Waals surface area (Å²) in [6, 6.07) is 7.41. The maximum atomic E-state index is 12.8. The fourth-order valence-electron chi connectivity index (χ4n) is 6.76. The van der Waals surface area contributed by atoms with E-state index in [-0.39, 0.29) is 17.4 Å². The van der Waals surface area contributed by atoms with Crippen LogP contribution in [0.4, 0.5) is 0 Å². The number of hydrogen-bond acceptors (Lipinski definition) is 4. The lowest BCUT2D eigenvalue weighted by atomic mass is 9.53. The van der Waals surface area contributed by atoms with E-state index in [9.17, 15) is 9.59 Å². The number of carbonyl (C=O) groups excluding carboxylic acids is 2. The molecule has 176 valence electrons. The van der Waals surface area contributed by atoms with E-state index in [1.807, 2.05) is 30.3 Å². The van der Waals surface area contributed by atoms with Crippen LogP contribution in [-0.4, -0.2) is 33.1 Å². The molecule has 1 aliphatic heterocycles. The first-order valence-corrected chi connectivity index (χ1v) is 13.8. The van der Waals surface area contributed by atoms with Gasteiger partial charge in [-0.25, -0.2) is 0 Å². The second kappa shape index (κ2) is 9.71. The highest BCUT2D eigenvalue weighted by Gasteiger charge is 2.51. The summed E-state index contributed by atoms with van der Waals surface area (Å²) in [4.78, 5) is 27.8. The zero-order valence-electron chi connectivity index (χ0n) is 18.9. The molecule has 0 radical (unpaired) electrons. The first kappa shape index (κ1) is 23.4. The number of benzene rings is 1. The molecular formula is C26H31ClN2O2S2. The van der Waals surface area contributed by atoms with E-state index in [1.54, 1.807) is 4.90 Å². The molecule has 0 spiro atoms. The number of hydrogen-bond donors (Lipinski definition) is 1. The number of amides is 2. The van der Waals surface area contributed by atoms with Gasteiger partial charge in [0.05, 0.1) is 4.91 Å². The van der Waals surface area contributed by atoms with Gasteiger partial charge in [0.1, 0.15) is 4.32 Å². The van der Waals surface area contributed by atoms with Crippen LogP contribution in [0.2, 0.25) is 5.02 Å². The lowest BCUT2D eigenvalue weighted by molar-refractivity contribution is -0.127. The van der Waals surface area contributed by atoms with Crippen LogP contribution in [-0.2, 0) is 9.59 Å². The van der Waals surface area contributed by atoms with Crippen molar-refractivity contribution >= 4 is 57.8 Å². The molecule has 7 heteroatoms. The van der Waals surface area contributed by atoms with E-state index in [1.165, 1.54) is 50.3 Å². The Hall–Kier alpha value is -1.37. The normalized spacial score (nSPS) is 31.6. The van der Waals surface area contributed by atoms with Gasteiger partial charge in [0.2, 0.25) is 5.91 Å². The van der Waals surface area contributed by atoms with Crippen LogP contribution in [0.3, 0.4) is 0 Å². The molecule has 1 saturated heterocycles. The van der Waals surface area contributed by atoms with Gasteiger partial charge < -0.3 is 5.32 Å². The Labute approximate surface area is 210 Å². The quantitative estimate of drug-likeness (QED) is 0.262. The molecule has 0 aromatic heterocycles. The van der Waals surface area contributed by atoms with Crippen molar-refractivity contribution in [3.8, 4) is 0 Å². The van der Waals surface area contributed by atoms with E-state index in [0.29, 0.717) is 27.2 Å². The molecule has 4 saturated carbocycles. The number of nitrogens with zero attached hydrogens (tertiary/aromatic N) is 1. The predicted octanol–water partition coefficient (Wildman–Crippen LogP) is 6.19. The zero-order chi connectivity index (χ0) is 23.0. The number of nitrogens with one attached hydrogen (secondary N) is 1. The minimum Gasteiger partial charge on any atom is -0.351 e. The molecule has 4 nitrogen and oxygen atoms in total. The zero-order valence-corrected chi connectivity index (χ0v) is 21.2. The molecule has 4 aliphatic carbocycles. The number of carbonyl (C=O) groups is 2. The summed E-state index contributed by atoms with van der Waals surface area (Å²) < 4.78 is 0.611. The van der Waals surface area contributed by atoms with Crippen molar-refractivity contribution in [2.24, 2.45) is 17.8 Å². The Kier molecular flexibility index (Phi) is 6.88. The Morgan fingerprint density at radius 1 is 1.09 bits per heavy atom. The van der Waals surface area contributed by atoms with Crippen LogP contribution in [0.1, 0.15) is 69.8 Å². The number of unbranched alkanes of at least 4 members (excludes halogenated alkanes) is 2. The first-order valence-electron chi connectivity index (χ1n) is 12.2. The van der Waals surface area contributed by atoms with Crippen molar-refractivity contribution in [1.82, 2.24) is 10.2 Å². The van der Waals surface area contributed by atoms with Gasteiger partial charge in [-0.2, -0.15) is 0 Å². The summed E-state index contributed by atoms with van der Waals surface area (Å²) >= 11 is 12.7. The molecule has 1 aromatic rings. The van der Waals surface area contributed by atoms with E-state index in [0.717, 1.165) is 42.6 Å². The highest BCUT2D eigenvalue weighted by molar-refractivity contribution is 8.26. The summed E-state index contributed by atoms with van der Waals surface area (Å²) in [6.45, 7) is 0.610. The smallest absolute Gasteiger partial charge is 0.266 e. The van der Waals surface area contributed by atoms with Gasteiger partial charge in [0.25, 0.3) is 5.91 Å². The Bertz CT molecular complexity index is 940. The third-order valence-electron chi connectivity index (χ3n) is 7.77. The second-order valence-electron chi connectivity index (χ2n) is 10.4. The highest BCUT2D eigenvalue weighted by atomic mass is 35.5. The van der Waals surface area contributed by atoms with E-state index in [4.69, 9.17) is 23.8 Å². The standard InChI is InChI=1S/C26H31ClN2O2S2/c27-21-7-5-17(6-8-21)13-22-24(31)29(25(32)33-22)9-3-1-2-4-23(30)28-26-14-18-10-19(15-26)12-20(11-18)16-26/h5-8,13,18-20H,1-4,9-12,14-16H2,(H,28,30)/b22-13-. The molecule has 1 heterocycles. The van der Waals surface area contributed by atoms with Crippen LogP contribution in [0.5, 0.6) is 0 Å². The van der Waals surface area contributed by atoms with Gasteiger partial charge in [-0.05, 0) is 92.9 Å². The Morgan fingerprint density at radius 2 is 1.73 bits per heavy atom. The third-order valence-corrected chi connectivity index (χ3v) is 9.40. The van der Waals surface area contributed by atoms with Crippen molar-refractivity contribution in [2.75, 3.05) is 6.54 Å². The van der Waals surface area contributed by atoms with E-state index in [2.05, 4.69) is 5.32 Å². The van der Waals surface area contributed by atoms with Gasteiger partial charge in [0, 0.05) is 23.5 Å². The third kappa shape index (κ3) is 5.33. The number of halogens is 1. The summed E-state index contributed by atoms with van der Waals surface area (Å²) in [5, 5.41) is 4.13. The molecule has 33 heavy (non-hydrogen) atoms. The summed E-state index contributed by atoms with van der Waals surface area (Å²) in [6.07, 6.45) is 12.8. The molecule has 1 aromatic carbocycles. The van der Waals surface area contributed by atoms with E-state index < -0.39 is 0 Å². The SMILES string of the molecule is O=C(CCCCCN1C(=O)/C(=C/c2ccc(Cl)cc2)SC1=S)NC12CC3CC(CC(C3)C1)C2. The minimum atomic E-state index is -0.0282. The van der Waals surface area contributed by atoms with Crippen molar-refractivity contribution in [3.05, 3.63) is 39.8 Å². The molecule has 2 amide bonds. The fourth-order valence-corrected chi connectivity index (χ4v) is 8.19. The largest absolute Gasteiger partial charge is 0.351 e. The van der Waals surface area contributed by atoms with Gasteiger partial charge in [-0.15, -0.1) is 0 Å². The lowest BCUT2D eigenvalue weighted by Gasteiger charge is -2.56. The van der Waals surface area contributed by atoms with Crippen molar-refractivity contribution in [3.63, 3.8) is 0 Å². The summed E-state index contributed by atoms with van der Waals surface area (Å²) in [5.41, 5.74) is 1.04. The predicted molar refractivity (Wildman–Crippen MR) is 139 cm³/mol. The Balaban J connectivity index is 1.04. The van der Waals surface area contributed by atoms with Crippen LogP contribution in [0, 0.1) is 17.8 Å². The number of thiocarbonyl (C=S) groups is 1. The van der Waals surface area contributed by atoms with Gasteiger partial charge in [-0.3, -0.25) is 14.5 Å². The molecule has 1 N–H and O–H groups in total. The maximum absolute atomic E-state index is 12.8. The number of thioether (sulfide) groups is 1. The van der Waals surface area contributed by atoms with Crippen LogP contribution in [0.25, 0.3) is 6.08 Å². The number of rotatable bonds is 8. The Morgan fingerprint density at radius 3 is 2.36 bits per heavy atom. The summed E-state index contributed by atoms with van der Waals surface area (Å²) in [7, 11) is 0. The molecule has 5 aliphatic rings. The van der Waals surface area contributed by atoms with Gasteiger partial charge in [-0.1, -0.05) is 54.1 Å². The maximum Gasteiger partial charge on any atom is 0.266 e. The second-order valence-corrected chi connectivity index (χ2v) is 12.6. The molecular weight excluding hydrogens is 472 g/mol. The van der Waals surface area contributed by atoms with Crippen LogP contribution < -0.4 is 5.32 Å².